The number of benzene rings is 1. The number of rotatable bonds is 4. The van der Waals surface area contributed by atoms with Gasteiger partial charge in [0.1, 0.15) is 0 Å². The van der Waals surface area contributed by atoms with Crippen LogP contribution < -0.4 is 5.32 Å². The number of likely N-dealkylation sites (N-methyl/N-ethyl adjacent to an activating group) is 1. The topological polar surface area (TPSA) is 41.6 Å². The minimum Gasteiger partial charge on any atom is -0.383 e. The molecule has 18 heavy (non-hydrogen) atoms. The van der Waals surface area contributed by atoms with Gasteiger partial charge < -0.3 is 10.1 Å². The lowest BCUT2D eigenvalue weighted by molar-refractivity contribution is -0.121. The molecule has 1 aromatic rings. The first-order chi connectivity index (χ1) is 8.61. The van der Waals surface area contributed by atoms with Crippen molar-refractivity contribution in [1.29, 1.82) is 0 Å². The molecular formula is C14H20N2O2. The predicted octanol–water partition coefficient (Wildman–Crippen LogP) is 1.44. The summed E-state index contributed by atoms with van der Waals surface area (Å²) in [5, 5.41) is 2.99. The number of methoxy groups -OCH3 is 1. The Hall–Kier alpha value is -1.39. The summed E-state index contributed by atoms with van der Waals surface area (Å²) in [4.78, 5) is 14.1. The highest BCUT2D eigenvalue weighted by atomic mass is 16.5. The quantitative estimate of drug-likeness (QED) is 0.876. The average molecular weight is 248 g/mol. The number of aryl methyl sites for hydroxylation is 1. The highest BCUT2D eigenvalue weighted by Gasteiger charge is 2.28. The van der Waals surface area contributed by atoms with Crippen LogP contribution in [0, 0.1) is 6.92 Å². The van der Waals surface area contributed by atoms with Crippen LogP contribution in [0.4, 0.5) is 5.69 Å². The number of fused-ring (bicyclic) bond motifs is 1. The van der Waals surface area contributed by atoms with Gasteiger partial charge in [0, 0.05) is 19.3 Å². The third-order valence-electron chi connectivity index (χ3n) is 3.42. The van der Waals surface area contributed by atoms with E-state index in [0.717, 1.165) is 18.7 Å². The molecular weight excluding hydrogens is 228 g/mol. The van der Waals surface area contributed by atoms with Crippen molar-refractivity contribution in [3.05, 3.63) is 29.3 Å². The van der Waals surface area contributed by atoms with Crippen LogP contribution in [0.5, 0.6) is 0 Å². The Morgan fingerprint density at radius 1 is 1.50 bits per heavy atom. The first kappa shape index (κ1) is 13.1. The molecule has 0 aromatic heterocycles. The zero-order valence-corrected chi connectivity index (χ0v) is 11.2. The third-order valence-corrected chi connectivity index (χ3v) is 3.42. The Morgan fingerprint density at radius 3 is 3.00 bits per heavy atom. The number of nitrogens with zero attached hydrogens (tertiary/aromatic N) is 1. The zero-order chi connectivity index (χ0) is 13.1. The van der Waals surface area contributed by atoms with Crippen LogP contribution in [-0.2, 0) is 16.0 Å². The molecule has 0 radical (unpaired) electrons. The van der Waals surface area contributed by atoms with Gasteiger partial charge in [-0.15, -0.1) is 0 Å². The summed E-state index contributed by atoms with van der Waals surface area (Å²) in [6.07, 6.45) is 0.766. The number of amides is 1. The minimum absolute atomic E-state index is 0.0757. The second kappa shape index (κ2) is 5.50. The largest absolute Gasteiger partial charge is 0.383 e. The van der Waals surface area contributed by atoms with E-state index in [4.69, 9.17) is 4.74 Å². The van der Waals surface area contributed by atoms with Gasteiger partial charge in [-0.1, -0.05) is 12.1 Å². The van der Waals surface area contributed by atoms with Gasteiger partial charge in [-0.3, -0.25) is 9.69 Å². The first-order valence-electron chi connectivity index (χ1n) is 6.21. The van der Waals surface area contributed by atoms with Gasteiger partial charge >= 0.3 is 0 Å². The van der Waals surface area contributed by atoms with Crippen LogP contribution in [0.25, 0.3) is 0 Å². The molecule has 0 saturated carbocycles. The van der Waals surface area contributed by atoms with Gasteiger partial charge in [0.05, 0.1) is 12.6 Å². The van der Waals surface area contributed by atoms with E-state index in [2.05, 4.69) is 17.4 Å². The number of ether oxygens (including phenoxy) is 1. The number of hydrogen-bond acceptors (Lipinski definition) is 3. The third kappa shape index (κ3) is 2.71. The zero-order valence-electron chi connectivity index (χ0n) is 11.2. The number of carbonyl (C=O) groups excluding carboxylic acids is 1. The SMILES string of the molecule is COCCN(C)C1Cc2ccc(C)cc2NC1=O. The molecule has 1 atom stereocenters. The smallest absolute Gasteiger partial charge is 0.242 e. The summed E-state index contributed by atoms with van der Waals surface area (Å²) in [5.74, 6) is 0.0757. The van der Waals surface area contributed by atoms with Gasteiger partial charge in [-0.25, -0.2) is 0 Å². The van der Waals surface area contributed by atoms with Crippen LogP contribution in [0.1, 0.15) is 11.1 Å². The highest BCUT2D eigenvalue weighted by molar-refractivity contribution is 5.98. The monoisotopic (exact) mass is 248 g/mol. The Labute approximate surface area is 108 Å². The number of nitrogens with one attached hydrogen (secondary N) is 1. The van der Waals surface area contributed by atoms with Crippen molar-refractivity contribution < 1.29 is 9.53 Å². The van der Waals surface area contributed by atoms with Crippen LogP contribution in [0.3, 0.4) is 0 Å². The van der Waals surface area contributed by atoms with E-state index in [-0.39, 0.29) is 11.9 Å². The summed E-state index contributed by atoms with van der Waals surface area (Å²) in [6.45, 7) is 3.43. The highest BCUT2D eigenvalue weighted by Crippen LogP contribution is 2.25. The molecule has 4 nitrogen and oxygen atoms in total. The van der Waals surface area contributed by atoms with Crippen LogP contribution in [0.15, 0.2) is 18.2 Å². The maximum atomic E-state index is 12.1. The van der Waals surface area contributed by atoms with E-state index in [1.165, 1.54) is 11.1 Å². The Morgan fingerprint density at radius 2 is 2.28 bits per heavy atom. The van der Waals surface area contributed by atoms with E-state index >= 15 is 0 Å². The van der Waals surface area contributed by atoms with Gasteiger partial charge in [0.15, 0.2) is 0 Å². The molecule has 1 unspecified atom stereocenters. The van der Waals surface area contributed by atoms with Crippen molar-refractivity contribution in [1.82, 2.24) is 4.90 Å². The molecule has 4 heteroatoms. The van der Waals surface area contributed by atoms with Crippen LogP contribution >= 0.6 is 0 Å². The molecule has 0 aliphatic carbocycles. The molecule has 0 saturated heterocycles. The molecule has 1 heterocycles. The van der Waals surface area contributed by atoms with E-state index < -0.39 is 0 Å². The lowest BCUT2D eigenvalue weighted by atomic mass is 9.97. The fourth-order valence-corrected chi connectivity index (χ4v) is 2.25. The maximum Gasteiger partial charge on any atom is 0.242 e. The summed E-state index contributed by atoms with van der Waals surface area (Å²) in [6, 6.07) is 6.11. The van der Waals surface area contributed by atoms with Crippen molar-refractivity contribution in [2.75, 3.05) is 32.6 Å². The van der Waals surface area contributed by atoms with Crippen molar-refractivity contribution in [2.24, 2.45) is 0 Å². The first-order valence-corrected chi connectivity index (χ1v) is 6.21. The van der Waals surface area contributed by atoms with E-state index in [9.17, 15) is 4.79 Å². The second-order valence-electron chi connectivity index (χ2n) is 4.84. The van der Waals surface area contributed by atoms with Gasteiger partial charge in [-0.2, -0.15) is 0 Å². The molecule has 0 fully saturated rings. The maximum absolute atomic E-state index is 12.1. The van der Waals surface area contributed by atoms with Gasteiger partial charge in [-0.05, 0) is 37.6 Å². The number of hydrogen-bond donors (Lipinski definition) is 1. The molecule has 98 valence electrons. The van der Waals surface area contributed by atoms with Crippen molar-refractivity contribution >= 4 is 11.6 Å². The van der Waals surface area contributed by atoms with Crippen molar-refractivity contribution in [2.45, 2.75) is 19.4 Å². The standard InChI is InChI=1S/C14H20N2O2/c1-10-4-5-11-9-13(16(2)6-7-18-3)14(17)15-12(11)8-10/h4-5,8,13H,6-7,9H2,1-3H3,(H,15,17). The fourth-order valence-electron chi connectivity index (χ4n) is 2.25. The lowest BCUT2D eigenvalue weighted by Gasteiger charge is -2.31. The fraction of sp³-hybridized carbons (Fsp3) is 0.500. The predicted molar refractivity (Wildman–Crippen MR) is 71.8 cm³/mol. The van der Waals surface area contributed by atoms with E-state index in [1.54, 1.807) is 7.11 Å². The second-order valence-corrected chi connectivity index (χ2v) is 4.84. The summed E-state index contributed by atoms with van der Waals surface area (Å²) in [5.41, 5.74) is 3.33. The molecule has 1 N–H and O–H groups in total. The number of carbonyl (C=O) groups is 1. The van der Waals surface area contributed by atoms with Gasteiger partial charge in [0.25, 0.3) is 0 Å². The van der Waals surface area contributed by atoms with Crippen molar-refractivity contribution in [3.8, 4) is 0 Å². The van der Waals surface area contributed by atoms with E-state index in [0.29, 0.717) is 6.61 Å². The molecule has 1 aliphatic rings. The van der Waals surface area contributed by atoms with Crippen LogP contribution in [0.2, 0.25) is 0 Å². The number of anilines is 1. The molecule has 0 bridgehead atoms. The van der Waals surface area contributed by atoms with Gasteiger partial charge in [0.2, 0.25) is 5.91 Å². The normalized spacial score (nSPS) is 18.7. The molecule has 1 aromatic carbocycles. The Kier molecular flexibility index (Phi) is 3.99. The summed E-state index contributed by atoms with van der Waals surface area (Å²) < 4.78 is 5.05. The van der Waals surface area contributed by atoms with E-state index in [1.807, 2.05) is 24.9 Å². The Bertz CT molecular complexity index is 445. The molecule has 1 aliphatic heterocycles. The van der Waals surface area contributed by atoms with Crippen molar-refractivity contribution in [3.63, 3.8) is 0 Å². The summed E-state index contributed by atoms with van der Waals surface area (Å²) >= 11 is 0. The molecule has 1 amide bonds. The average Bonchev–Trinajstić information content (AvgIpc) is 2.35. The minimum atomic E-state index is -0.102. The summed E-state index contributed by atoms with van der Waals surface area (Å²) in [7, 11) is 3.63. The Balaban J connectivity index is 2.13. The lowest BCUT2D eigenvalue weighted by Crippen LogP contribution is -2.47. The molecule has 2 rings (SSSR count). The molecule has 0 spiro atoms. The van der Waals surface area contributed by atoms with Crippen LogP contribution in [-0.4, -0.2) is 44.2 Å².